The van der Waals surface area contributed by atoms with Crippen LogP contribution in [-0.4, -0.2) is 15.9 Å². The van der Waals surface area contributed by atoms with Gasteiger partial charge in [-0.15, -0.1) is 0 Å². The summed E-state index contributed by atoms with van der Waals surface area (Å²) < 4.78 is 5.56. The summed E-state index contributed by atoms with van der Waals surface area (Å²) in [7, 11) is 0. The van der Waals surface area contributed by atoms with Gasteiger partial charge in [0.25, 0.3) is 0 Å². The first-order valence-corrected chi connectivity index (χ1v) is 8.51. The maximum Gasteiger partial charge on any atom is 0.314 e. The predicted molar refractivity (Wildman–Crippen MR) is 93.4 cm³/mol. The first-order valence-electron chi connectivity index (χ1n) is 8.51. The molecule has 1 aromatic carbocycles. The van der Waals surface area contributed by atoms with Gasteiger partial charge in [0.15, 0.2) is 0 Å². The van der Waals surface area contributed by atoms with Crippen molar-refractivity contribution < 1.29 is 9.53 Å². The maximum absolute atomic E-state index is 12.3. The van der Waals surface area contributed by atoms with Gasteiger partial charge in [-0.05, 0) is 44.9 Å². The molecule has 0 amide bonds. The second kappa shape index (κ2) is 7.43. The molecule has 5 heteroatoms. The number of carbonyl (C=O) groups is 1. The van der Waals surface area contributed by atoms with E-state index < -0.39 is 0 Å². The van der Waals surface area contributed by atoms with Gasteiger partial charge in [-0.1, -0.05) is 25.3 Å². The van der Waals surface area contributed by atoms with Crippen molar-refractivity contribution in [1.82, 2.24) is 9.97 Å². The smallest absolute Gasteiger partial charge is 0.314 e. The molecule has 0 radical (unpaired) electrons. The van der Waals surface area contributed by atoms with Crippen LogP contribution in [-0.2, 0) is 4.79 Å². The Kier molecular flexibility index (Phi) is 5.08. The van der Waals surface area contributed by atoms with Crippen LogP contribution in [0.2, 0.25) is 0 Å². The van der Waals surface area contributed by atoms with Gasteiger partial charge < -0.3 is 10.1 Å². The van der Waals surface area contributed by atoms with Crippen molar-refractivity contribution in [1.29, 1.82) is 0 Å². The number of aromatic nitrogens is 2. The van der Waals surface area contributed by atoms with Gasteiger partial charge in [0.2, 0.25) is 5.95 Å². The highest BCUT2D eigenvalue weighted by atomic mass is 16.5. The number of hydrogen-bond donors (Lipinski definition) is 1. The first kappa shape index (κ1) is 16.4. The predicted octanol–water partition coefficient (Wildman–Crippen LogP) is 4.32. The normalized spacial score (nSPS) is 15.1. The van der Waals surface area contributed by atoms with E-state index in [0.29, 0.717) is 11.7 Å². The molecule has 0 unspecified atom stereocenters. The SMILES string of the molecule is Cc1cc(C)nc(Nc2cccc(OC(=O)C3CCCCC3)c2)n1. The maximum atomic E-state index is 12.3. The van der Waals surface area contributed by atoms with E-state index in [2.05, 4.69) is 15.3 Å². The number of nitrogens with zero attached hydrogens (tertiary/aromatic N) is 2. The third-order valence-electron chi connectivity index (χ3n) is 4.23. The van der Waals surface area contributed by atoms with Gasteiger partial charge in [0.1, 0.15) is 5.75 Å². The van der Waals surface area contributed by atoms with E-state index in [1.807, 2.05) is 38.1 Å². The summed E-state index contributed by atoms with van der Waals surface area (Å²) in [5.74, 6) is 1.02. The van der Waals surface area contributed by atoms with Crippen LogP contribution >= 0.6 is 0 Å². The number of benzene rings is 1. The van der Waals surface area contributed by atoms with Crippen LogP contribution in [0.25, 0.3) is 0 Å². The van der Waals surface area contributed by atoms with Crippen molar-refractivity contribution in [3.8, 4) is 5.75 Å². The van der Waals surface area contributed by atoms with Gasteiger partial charge in [0, 0.05) is 23.1 Å². The number of carbonyl (C=O) groups excluding carboxylic acids is 1. The van der Waals surface area contributed by atoms with Crippen molar-refractivity contribution in [3.63, 3.8) is 0 Å². The van der Waals surface area contributed by atoms with Crippen molar-refractivity contribution in [2.75, 3.05) is 5.32 Å². The number of esters is 1. The van der Waals surface area contributed by atoms with Crippen LogP contribution in [0.4, 0.5) is 11.6 Å². The molecule has 1 N–H and O–H groups in total. The number of ether oxygens (including phenoxy) is 1. The third kappa shape index (κ3) is 4.31. The molecule has 5 nitrogen and oxygen atoms in total. The lowest BCUT2D eigenvalue weighted by molar-refractivity contribution is -0.139. The molecule has 0 saturated heterocycles. The van der Waals surface area contributed by atoms with Crippen molar-refractivity contribution >= 4 is 17.6 Å². The molecule has 1 heterocycles. The Labute approximate surface area is 142 Å². The lowest BCUT2D eigenvalue weighted by Crippen LogP contribution is -2.22. The van der Waals surface area contributed by atoms with E-state index in [0.717, 1.165) is 42.8 Å². The molecular weight excluding hydrogens is 302 g/mol. The van der Waals surface area contributed by atoms with Crippen molar-refractivity contribution in [2.24, 2.45) is 5.92 Å². The Morgan fingerprint density at radius 3 is 2.50 bits per heavy atom. The van der Waals surface area contributed by atoms with Crippen LogP contribution in [0.1, 0.15) is 43.5 Å². The summed E-state index contributed by atoms with van der Waals surface area (Å²) in [6, 6.07) is 9.29. The van der Waals surface area contributed by atoms with Gasteiger partial charge in [-0.2, -0.15) is 0 Å². The molecule has 24 heavy (non-hydrogen) atoms. The second-order valence-corrected chi connectivity index (χ2v) is 6.38. The summed E-state index contributed by atoms with van der Waals surface area (Å²) in [4.78, 5) is 21.0. The summed E-state index contributed by atoms with van der Waals surface area (Å²) in [5.41, 5.74) is 2.61. The minimum absolute atomic E-state index is 0.0399. The first-order chi connectivity index (χ1) is 11.6. The van der Waals surface area contributed by atoms with E-state index in [9.17, 15) is 4.79 Å². The number of rotatable bonds is 4. The summed E-state index contributed by atoms with van der Waals surface area (Å²) in [5, 5.41) is 3.17. The minimum Gasteiger partial charge on any atom is -0.426 e. The van der Waals surface area contributed by atoms with Crippen LogP contribution in [0.15, 0.2) is 30.3 Å². The fourth-order valence-electron chi connectivity index (χ4n) is 3.09. The Balaban J connectivity index is 1.68. The lowest BCUT2D eigenvalue weighted by atomic mass is 9.89. The van der Waals surface area contributed by atoms with E-state index in [1.165, 1.54) is 6.42 Å². The van der Waals surface area contributed by atoms with E-state index >= 15 is 0 Å². The molecule has 0 atom stereocenters. The zero-order chi connectivity index (χ0) is 16.9. The van der Waals surface area contributed by atoms with Crippen LogP contribution < -0.4 is 10.1 Å². The molecule has 0 bridgehead atoms. The average Bonchev–Trinajstić information content (AvgIpc) is 2.55. The van der Waals surface area contributed by atoms with Gasteiger partial charge >= 0.3 is 5.97 Å². The standard InChI is InChI=1S/C19H23N3O2/c1-13-11-14(2)21-19(20-13)22-16-9-6-10-17(12-16)24-18(23)15-7-4-3-5-8-15/h6,9-12,15H,3-5,7-8H2,1-2H3,(H,20,21,22). The summed E-state index contributed by atoms with van der Waals surface area (Å²) >= 11 is 0. The van der Waals surface area contributed by atoms with Gasteiger partial charge in [-0.3, -0.25) is 4.79 Å². The minimum atomic E-state index is -0.116. The van der Waals surface area contributed by atoms with Gasteiger partial charge in [0.05, 0.1) is 5.92 Å². The Hall–Kier alpha value is -2.43. The van der Waals surface area contributed by atoms with Gasteiger partial charge in [-0.25, -0.2) is 9.97 Å². The highest BCUT2D eigenvalue weighted by molar-refractivity contribution is 5.75. The summed E-state index contributed by atoms with van der Waals surface area (Å²) in [6.45, 7) is 3.87. The molecule has 1 fully saturated rings. The van der Waals surface area contributed by atoms with Crippen LogP contribution in [0, 0.1) is 19.8 Å². The van der Waals surface area contributed by atoms with Crippen LogP contribution in [0.3, 0.4) is 0 Å². The molecular formula is C19H23N3O2. The monoisotopic (exact) mass is 325 g/mol. The molecule has 1 saturated carbocycles. The number of nitrogens with one attached hydrogen (secondary N) is 1. The number of anilines is 2. The topological polar surface area (TPSA) is 64.1 Å². The van der Waals surface area contributed by atoms with Crippen molar-refractivity contribution in [2.45, 2.75) is 46.0 Å². The molecule has 3 rings (SSSR count). The van der Waals surface area contributed by atoms with Crippen LogP contribution in [0.5, 0.6) is 5.75 Å². The summed E-state index contributed by atoms with van der Waals surface area (Å²) in [6.07, 6.45) is 5.33. The fourth-order valence-corrected chi connectivity index (χ4v) is 3.09. The van der Waals surface area contributed by atoms with E-state index in [4.69, 9.17) is 4.74 Å². The molecule has 1 aliphatic carbocycles. The molecule has 126 valence electrons. The van der Waals surface area contributed by atoms with Crippen molar-refractivity contribution in [3.05, 3.63) is 41.7 Å². The largest absolute Gasteiger partial charge is 0.426 e. The molecule has 0 aliphatic heterocycles. The fraction of sp³-hybridized carbons (Fsp3) is 0.421. The molecule has 1 aliphatic rings. The molecule has 2 aromatic rings. The van der Waals surface area contributed by atoms with E-state index in [-0.39, 0.29) is 11.9 Å². The Bertz CT molecular complexity index is 704. The third-order valence-corrected chi connectivity index (χ3v) is 4.23. The Morgan fingerprint density at radius 1 is 1.08 bits per heavy atom. The average molecular weight is 325 g/mol. The highest BCUT2D eigenvalue weighted by Crippen LogP contribution is 2.27. The zero-order valence-electron chi connectivity index (χ0n) is 14.2. The lowest BCUT2D eigenvalue weighted by Gasteiger charge is -2.19. The quantitative estimate of drug-likeness (QED) is 0.670. The Morgan fingerprint density at radius 2 is 1.79 bits per heavy atom. The molecule has 1 aromatic heterocycles. The number of aryl methyl sites for hydroxylation is 2. The zero-order valence-corrected chi connectivity index (χ0v) is 14.2. The number of hydrogen-bond acceptors (Lipinski definition) is 5. The highest BCUT2D eigenvalue weighted by Gasteiger charge is 2.23. The molecule has 0 spiro atoms. The second-order valence-electron chi connectivity index (χ2n) is 6.38. The van der Waals surface area contributed by atoms with E-state index in [1.54, 1.807) is 6.07 Å².